The third-order valence-corrected chi connectivity index (χ3v) is 7.49. The van der Waals surface area contributed by atoms with Crippen molar-refractivity contribution in [3.63, 3.8) is 0 Å². The third kappa shape index (κ3) is 4.39. The molecule has 0 radical (unpaired) electrons. The molecule has 0 aliphatic carbocycles. The van der Waals surface area contributed by atoms with Crippen LogP contribution in [0.2, 0.25) is 5.02 Å². The van der Waals surface area contributed by atoms with E-state index in [0.717, 1.165) is 5.56 Å². The number of benzene rings is 2. The summed E-state index contributed by atoms with van der Waals surface area (Å²) in [7, 11) is -0.664. The van der Waals surface area contributed by atoms with Crippen LogP contribution in [-0.4, -0.2) is 50.2 Å². The standard InChI is InChI=1S/C21H22ClN3O5S/c1-28-18-8-7-17(13-19(18)29-2)31(26,27)25-11-9-14(10-12-25)20-23-21(30-24-20)15-3-5-16(22)6-4-15/h3-8,13-14H,9-12H2,1-2H3. The molecule has 8 nitrogen and oxygen atoms in total. The highest BCUT2D eigenvalue weighted by molar-refractivity contribution is 7.89. The molecule has 1 aliphatic heterocycles. The average Bonchev–Trinajstić information content (AvgIpc) is 3.29. The van der Waals surface area contributed by atoms with E-state index in [1.807, 2.05) is 12.1 Å². The number of piperidine rings is 1. The summed E-state index contributed by atoms with van der Waals surface area (Å²) in [4.78, 5) is 4.68. The SMILES string of the molecule is COc1ccc(S(=O)(=O)N2CCC(c3noc(-c4ccc(Cl)cc4)n3)CC2)cc1OC. The molecular formula is C21H22ClN3O5S. The van der Waals surface area contributed by atoms with Crippen LogP contribution in [0.25, 0.3) is 11.5 Å². The Balaban J connectivity index is 1.45. The predicted molar refractivity (Wildman–Crippen MR) is 115 cm³/mol. The Bertz CT molecular complexity index is 1160. The number of aromatic nitrogens is 2. The van der Waals surface area contributed by atoms with E-state index in [-0.39, 0.29) is 10.8 Å². The van der Waals surface area contributed by atoms with Gasteiger partial charge >= 0.3 is 0 Å². The second kappa shape index (κ2) is 8.86. The van der Waals surface area contributed by atoms with E-state index < -0.39 is 10.0 Å². The van der Waals surface area contributed by atoms with E-state index in [4.69, 9.17) is 25.6 Å². The number of hydrogen-bond donors (Lipinski definition) is 0. The van der Waals surface area contributed by atoms with Crippen LogP contribution < -0.4 is 9.47 Å². The Hall–Kier alpha value is -2.62. The molecule has 2 heterocycles. The molecule has 0 N–H and O–H groups in total. The van der Waals surface area contributed by atoms with Crippen LogP contribution in [0.3, 0.4) is 0 Å². The molecule has 0 spiro atoms. The smallest absolute Gasteiger partial charge is 0.257 e. The summed E-state index contributed by atoms with van der Waals surface area (Å²) < 4.78 is 43.5. The van der Waals surface area contributed by atoms with E-state index in [2.05, 4.69) is 10.1 Å². The number of hydrogen-bond acceptors (Lipinski definition) is 7. The highest BCUT2D eigenvalue weighted by Gasteiger charge is 2.32. The third-order valence-electron chi connectivity index (χ3n) is 5.34. The highest BCUT2D eigenvalue weighted by Crippen LogP contribution is 2.34. The van der Waals surface area contributed by atoms with E-state index in [1.54, 1.807) is 18.2 Å². The van der Waals surface area contributed by atoms with Gasteiger partial charge in [0.15, 0.2) is 17.3 Å². The fourth-order valence-electron chi connectivity index (χ4n) is 3.59. The molecule has 4 rings (SSSR count). The normalized spacial score (nSPS) is 15.7. The van der Waals surface area contributed by atoms with Gasteiger partial charge in [0.25, 0.3) is 5.89 Å². The van der Waals surface area contributed by atoms with E-state index in [1.165, 1.54) is 30.7 Å². The van der Waals surface area contributed by atoms with Gasteiger partial charge in [-0.3, -0.25) is 0 Å². The van der Waals surface area contributed by atoms with Gasteiger partial charge in [0.1, 0.15) is 0 Å². The fraction of sp³-hybridized carbons (Fsp3) is 0.333. The maximum atomic E-state index is 13.1. The van der Waals surface area contributed by atoms with Crippen molar-refractivity contribution in [3.05, 3.63) is 53.3 Å². The van der Waals surface area contributed by atoms with E-state index in [0.29, 0.717) is 54.2 Å². The summed E-state index contributed by atoms with van der Waals surface area (Å²) in [6.07, 6.45) is 1.21. The molecule has 10 heteroatoms. The molecule has 164 valence electrons. The summed E-state index contributed by atoms with van der Waals surface area (Å²) in [5.41, 5.74) is 0.789. The molecule has 1 saturated heterocycles. The van der Waals surface area contributed by atoms with Gasteiger partial charge in [-0.2, -0.15) is 9.29 Å². The maximum Gasteiger partial charge on any atom is 0.257 e. The summed E-state index contributed by atoms with van der Waals surface area (Å²) in [6, 6.07) is 11.8. The van der Waals surface area contributed by atoms with Crippen LogP contribution in [0.15, 0.2) is 51.9 Å². The second-order valence-corrected chi connectivity index (χ2v) is 9.53. The van der Waals surface area contributed by atoms with Crippen LogP contribution in [-0.2, 0) is 10.0 Å². The second-order valence-electron chi connectivity index (χ2n) is 7.16. The molecule has 0 bridgehead atoms. The van der Waals surface area contributed by atoms with Crippen molar-refractivity contribution in [2.45, 2.75) is 23.7 Å². The lowest BCUT2D eigenvalue weighted by Crippen LogP contribution is -2.38. The first-order chi connectivity index (χ1) is 14.9. The van der Waals surface area contributed by atoms with Crippen molar-refractivity contribution in [1.82, 2.24) is 14.4 Å². The Labute approximate surface area is 185 Å². The minimum Gasteiger partial charge on any atom is -0.493 e. The van der Waals surface area contributed by atoms with Gasteiger partial charge in [-0.25, -0.2) is 8.42 Å². The van der Waals surface area contributed by atoms with Crippen LogP contribution in [0.5, 0.6) is 11.5 Å². The average molecular weight is 464 g/mol. The van der Waals surface area contributed by atoms with Crippen molar-refractivity contribution < 1.29 is 22.4 Å². The van der Waals surface area contributed by atoms with Crippen molar-refractivity contribution in [3.8, 4) is 23.0 Å². The minimum atomic E-state index is -3.65. The highest BCUT2D eigenvalue weighted by atomic mass is 35.5. The number of sulfonamides is 1. The number of methoxy groups -OCH3 is 2. The largest absolute Gasteiger partial charge is 0.493 e. The van der Waals surface area contributed by atoms with Crippen LogP contribution in [0.4, 0.5) is 0 Å². The maximum absolute atomic E-state index is 13.1. The number of rotatable bonds is 6. The molecular weight excluding hydrogens is 442 g/mol. The topological polar surface area (TPSA) is 94.8 Å². The van der Waals surface area contributed by atoms with Crippen LogP contribution in [0, 0.1) is 0 Å². The van der Waals surface area contributed by atoms with Crippen molar-refractivity contribution in [1.29, 1.82) is 0 Å². The van der Waals surface area contributed by atoms with Crippen molar-refractivity contribution in [2.24, 2.45) is 0 Å². The Morgan fingerprint density at radius 1 is 1.03 bits per heavy atom. The molecule has 0 unspecified atom stereocenters. The quantitative estimate of drug-likeness (QED) is 0.545. The number of ether oxygens (including phenoxy) is 2. The van der Waals surface area contributed by atoms with Crippen molar-refractivity contribution in [2.75, 3.05) is 27.3 Å². The molecule has 0 saturated carbocycles. The molecule has 0 atom stereocenters. The molecule has 1 aliphatic rings. The van der Waals surface area contributed by atoms with Crippen LogP contribution in [0.1, 0.15) is 24.6 Å². The lowest BCUT2D eigenvalue weighted by Gasteiger charge is -2.29. The Kier molecular flexibility index (Phi) is 6.17. The predicted octanol–water partition coefficient (Wildman–Crippen LogP) is 3.98. The lowest BCUT2D eigenvalue weighted by atomic mass is 9.97. The summed E-state index contributed by atoms with van der Waals surface area (Å²) in [5.74, 6) is 1.90. The molecule has 1 aromatic heterocycles. The van der Waals surface area contributed by atoms with Gasteiger partial charge in [0.05, 0.1) is 19.1 Å². The van der Waals surface area contributed by atoms with E-state index >= 15 is 0 Å². The zero-order valence-corrected chi connectivity index (χ0v) is 18.7. The Morgan fingerprint density at radius 2 is 1.71 bits per heavy atom. The van der Waals surface area contributed by atoms with Crippen molar-refractivity contribution >= 4 is 21.6 Å². The van der Waals surface area contributed by atoms with Gasteiger partial charge < -0.3 is 14.0 Å². The first-order valence-electron chi connectivity index (χ1n) is 9.74. The summed E-state index contributed by atoms with van der Waals surface area (Å²) >= 11 is 5.92. The molecule has 3 aromatic rings. The van der Waals surface area contributed by atoms with Gasteiger partial charge in [-0.15, -0.1) is 0 Å². The number of nitrogens with zero attached hydrogens (tertiary/aromatic N) is 3. The molecule has 1 fully saturated rings. The van der Waals surface area contributed by atoms with Gasteiger partial charge in [0.2, 0.25) is 10.0 Å². The fourth-order valence-corrected chi connectivity index (χ4v) is 5.20. The van der Waals surface area contributed by atoms with Crippen LogP contribution >= 0.6 is 11.6 Å². The molecule has 2 aromatic carbocycles. The molecule has 31 heavy (non-hydrogen) atoms. The first kappa shape index (κ1) is 21.6. The lowest BCUT2D eigenvalue weighted by molar-refractivity contribution is 0.306. The zero-order valence-electron chi connectivity index (χ0n) is 17.1. The summed E-state index contributed by atoms with van der Waals surface area (Å²) in [6.45, 7) is 0.734. The first-order valence-corrected chi connectivity index (χ1v) is 11.6. The molecule has 0 amide bonds. The van der Waals surface area contributed by atoms with Gasteiger partial charge in [-0.1, -0.05) is 16.8 Å². The summed E-state index contributed by atoms with van der Waals surface area (Å²) in [5, 5.41) is 4.74. The zero-order chi connectivity index (χ0) is 22.0. The van der Waals surface area contributed by atoms with E-state index in [9.17, 15) is 8.42 Å². The van der Waals surface area contributed by atoms with Gasteiger partial charge in [-0.05, 0) is 49.2 Å². The monoisotopic (exact) mass is 463 g/mol. The Morgan fingerprint density at radius 3 is 2.35 bits per heavy atom. The number of halogens is 1. The van der Waals surface area contributed by atoms with Gasteiger partial charge in [0, 0.05) is 35.7 Å². The minimum absolute atomic E-state index is 0.0293.